The van der Waals surface area contributed by atoms with E-state index in [1.54, 1.807) is 0 Å². The summed E-state index contributed by atoms with van der Waals surface area (Å²) in [6.45, 7) is 7.29. The first kappa shape index (κ1) is 23.4. The maximum absolute atomic E-state index is 10.6. The molecule has 0 radical (unpaired) electrons. The van der Waals surface area contributed by atoms with Crippen LogP contribution in [0.5, 0.6) is 17.2 Å². The van der Waals surface area contributed by atoms with Gasteiger partial charge in [0.1, 0.15) is 11.4 Å². The maximum Gasteiger partial charge on any atom is 0.293 e. The molecule has 0 aromatic heterocycles. The van der Waals surface area contributed by atoms with Gasteiger partial charge in [-0.1, -0.05) is 40.0 Å². The van der Waals surface area contributed by atoms with Crippen molar-refractivity contribution in [2.24, 2.45) is 5.41 Å². The minimum absolute atomic E-state index is 0.111. The minimum Gasteiger partial charge on any atom is -0.507 e. The summed E-state index contributed by atoms with van der Waals surface area (Å²) >= 11 is 0. The lowest BCUT2D eigenvalue weighted by Gasteiger charge is -2.17. The van der Waals surface area contributed by atoms with Gasteiger partial charge in [-0.05, 0) is 74.8 Å². The molecule has 1 fully saturated rings. The van der Waals surface area contributed by atoms with Crippen molar-refractivity contribution in [2.75, 3.05) is 0 Å². The molecule has 1 aromatic carbocycles. The molecular formula is C24H38O5. The van der Waals surface area contributed by atoms with Crippen LogP contribution in [-0.4, -0.2) is 27.4 Å². The molecule has 0 atom stereocenters. The van der Waals surface area contributed by atoms with Gasteiger partial charge in [0.25, 0.3) is 6.47 Å². The van der Waals surface area contributed by atoms with Crippen LogP contribution in [0.15, 0.2) is 6.07 Å². The summed E-state index contributed by atoms with van der Waals surface area (Å²) in [6, 6.07) is 1.49. The van der Waals surface area contributed by atoms with Crippen LogP contribution >= 0.6 is 0 Å². The number of phenolic OH excluding ortho intramolecular Hbond substituents is 3. The van der Waals surface area contributed by atoms with E-state index in [1.807, 2.05) is 0 Å². The maximum atomic E-state index is 10.6. The van der Waals surface area contributed by atoms with Crippen molar-refractivity contribution in [3.05, 3.63) is 17.2 Å². The molecule has 0 unspecified atom stereocenters. The number of unbranched alkanes of at least 4 members (excludes halogenated alkanes) is 4. The Morgan fingerprint density at radius 3 is 2.24 bits per heavy atom. The van der Waals surface area contributed by atoms with Gasteiger partial charge < -0.3 is 20.1 Å². The van der Waals surface area contributed by atoms with E-state index < -0.39 is 0 Å². The van der Waals surface area contributed by atoms with E-state index in [0.717, 1.165) is 44.9 Å². The Labute approximate surface area is 175 Å². The molecular weight excluding hydrogens is 368 g/mol. The smallest absolute Gasteiger partial charge is 0.293 e. The topological polar surface area (TPSA) is 87.0 Å². The van der Waals surface area contributed by atoms with Gasteiger partial charge in [0.2, 0.25) is 0 Å². The molecule has 0 spiro atoms. The second-order valence-electron chi connectivity index (χ2n) is 9.81. The zero-order valence-corrected chi connectivity index (χ0v) is 18.3. The molecule has 1 aromatic rings. The number of ether oxygens (including phenoxy) is 1. The zero-order valence-electron chi connectivity index (χ0n) is 18.3. The molecule has 0 amide bonds. The lowest BCUT2D eigenvalue weighted by Crippen LogP contribution is -2.12. The Kier molecular flexibility index (Phi) is 8.23. The predicted molar refractivity (Wildman–Crippen MR) is 114 cm³/mol. The zero-order chi connectivity index (χ0) is 21.5. The third kappa shape index (κ3) is 7.45. The number of phenols is 3. The highest BCUT2D eigenvalue weighted by atomic mass is 16.5. The third-order valence-corrected chi connectivity index (χ3v) is 5.97. The van der Waals surface area contributed by atoms with E-state index in [4.69, 9.17) is 4.74 Å². The van der Waals surface area contributed by atoms with Gasteiger partial charge in [0.05, 0.1) is 0 Å². The summed E-state index contributed by atoms with van der Waals surface area (Å²) in [5.41, 5.74) is 1.22. The Balaban J connectivity index is 1.82. The first-order valence-corrected chi connectivity index (χ1v) is 11.0. The van der Waals surface area contributed by atoms with E-state index in [9.17, 15) is 20.1 Å². The van der Waals surface area contributed by atoms with E-state index in [2.05, 4.69) is 20.8 Å². The van der Waals surface area contributed by atoms with Gasteiger partial charge in [-0.3, -0.25) is 4.79 Å². The number of aromatic hydroxyl groups is 3. The Morgan fingerprint density at radius 1 is 0.966 bits per heavy atom. The summed E-state index contributed by atoms with van der Waals surface area (Å²) in [6.07, 6.45) is 11.0. The van der Waals surface area contributed by atoms with E-state index in [0.29, 0.717) is 35.9 Å². The Morgan fingerprint density at radius 2 is 1.62 bits per heavy atom. The molecule has 164 valence electrons. The molecule has 0 aliphatic heterocycles. The van der Waals surface area contributed by atoms with Crippen LogP contribution in [0.3, 0.4) is 0 Å². The lowest BCUT2D eigenvalue weighted by atomic mass is 9.89. The SMILES string of the molecule is CC(C)(C)CCCCCCc1cc(O)c(O)c(CCCCC2(OC=O)CC2)c1O. The second-order valence-corrected chi connectivity index (χ2v) is 9.81. The average molecular weight is 407 g/mol. The van der Waals surface area contributed by atoms with Gasteiger partial charge >= 0.3 is 0 Å². The van der Waals surface area contributed by atoms with Crippen molar-refractivity contribution in [2.45, 2.75) is 103 Å². The van der Waals surface area contributed by atoms with Gasteiger partial charge in [-0.2, -0.15) is 0 Å². The Hall–Kier alpha value is -1.91. The van der Waals surface area contributed by atoms with Crippen LogP contribution < -0.4 is 0 Å². The predicted octanol–water partition coefficient (Wildman–Crippen LogP) is 5.76. The molecule has 0 saturated heterocycles. The number of rotatable bonds is 13. The number of carbonyl (C=O) groups excluding carboxylic acids is 1. The van der Waals surface area contributed by atoms with Crippen LogP contribution in [0.1, 0.15) is 96.1 Å². The fourth-order valence-corrected chi connectivity index (χ4v) is 3.93. The third-order valence-electron chi connectivity index (χ3n) is 5.97. The van der Waals surface area contributed by atoms with Crippen molar-refractivity contribution < 1.29 is 24.9 Å². The standard InChI is InChI=1S/C24H38O5/c1-23(2,3)12-8-5-4-6-10-18-16-20(26)22(28)19(21(18)27)11-7-9-13-24(14-15-24)29-17-25/h16-17,26-28H,4-15H2,1-3H3. The van der Waals surface area contributed by atoms with Gasteiger partial charge in [-0.15, -0.1) is 0 Å². The van der Waals surface area contributed by atoms with Crippen molar-refractivity contribution in [3.63, 3.8) is 0 Å². The summed E-state index contributed by atoms with van der Waals surface area (Å²) in [7, 11) is 0. The van der Waals surface area contributed by atoms with Crippen molar-refractivity contribution in [3.8, 4) is 17.2 Å². The number of hydrogen-bond acceptors (Lipinski definition) is 5. The second kappa shape index (κ2) is 10.2. The van der Waals surface area contributed by atoms with Gasteiger partial charge in [-0.25, -0.2) is 0 Å². The fourth-order valence-electron chi connectivity index (χ4n) is 3.93. The molecule has 1 saturated carbocycles. The first-order chi connectivity index (χ1) is 13.7. The van der Waals surface area contributed by atoms with Crippen LogP contribution in [0.25, 0.3) is 0 Å². The first-order valence-electron chi connectivity index (χ1n) is 11.0. The van der Waals surface area contributed by atoms with Crippen molar-refractivity contribution in [1.82, 2.24) is 0 Å². The molecule has 3 N–H and O–H groups in total. The van der Waals surface area contributed by atoms with E-state index >= 15 is 0 Å². The van der Waals surface area contributed by atoms with Crippen molar-refractivity contribution in [1.29, 1.82) is 0 Å². The molecule has 0 heterocycles. The highest BCUT2D eigenvalue weighted by molar-refractivity contribution is 5.56. The summed E-state index contributed by atoms with van der Waals surface area (Å²) in [4.78, 5) is 10.6. The van der Waals surface area contributed by atoms with Crippen LogP contribution in [-0.2, 0) is 22.4 Å². The van der Waals surface area contributed by atoms with Crippen LogP contribution in [0, 0.1) is 5.41 Å². The van der Waals surface area contributed by atoms with Gasteiger partial charge in [0, 0.05) is 5.56 Å². The van der Waals surface area contributed by atoms with Gasteiger partial charge in [0.15, 0.2) is 11.5 Å². The average Bonchev–Trinajstić information content (AvgIpc) is 3.40. The monoisotopic (exact) mass is 406 g/mol. The number of hydrogen-bond donors (Lipinski definition) is 3. The van der Waals surface area contributed by atoms with Crippen LogP contribution in [0.2, 0.25) is 0 Å². The lowest BCUT2D eigenvalue weighted by molar-refractivity contribution is -0.135. The summed E-state index contributed by atoms with van der Waals surface area (Å²) < 4.78 is 5.15. The summed E-state index contributed by atoms with van der Waals surface area (Å²) in [5.74, 6) is -0.273. The number of carbonyl (C=O) groups is 1. The molecule has 5 heteroatoms. The normalized spacial score (nSPS) is 15.3. The molecule has 29 heavy (non-hydrogen) atoms. The fraction of sp³-hybridized carbons (Fsp3) is 0.708. The van der Waals surface area contributed by atoms with Crippen LogP contribution in [0.4, 0.5) is 0 Å². The molecule has 5 nitrogen and oxygen atoms in total. The summed E-state index contributed by atoms with van der Waals surface area (Å²) in [5, 5.41) is 30.9. The Bertz CT molecular complexity index is 671. The highest BCUT2D eigenvalue weighted by Crippen LogP contribution is 2.44. The van der Waals surface area contributed by atoms with E-state index in [1.165, 1.54) is 25.3 Å². The largest absolute Gasteiger partial charge is 0.507 e. The molecule has 1 aliphatic carbocycles. The molecule has 2 rings (SSSR count). The number of aryl methyl sites for hydroxylation is 1. The van der Waals surface area contributed by atoms with Crippen molar-refractivity contribution >= 4 is 6.47 Å². The minimum atomic E-state index is -0.275. The molecule has 0 bridgehead atoms. The quantitative estimate of drug-likeness (QED) is 0.168. The van der Waals surface area contributed by atoms with E-state index in [-0.39, 0.29) is 22.8 Å². The number of benzene rings is 1. The highest BCUT2D eigenvalue weighted by Gasteiger charge is 2.44. The molecule has 1 aliphatic rings.